The summed E-state index contributed by atoms with van der Waals surface area (Å²) < 4.78 is 18.5. The third-order valence-corrected chi connectivity index (χ3v) is 2.83. The summed E-state index contributed by atoms with van der Waals surface area (Å²) in [6.07, 6.45) is 1.71. The van der Waals surface area contributed by atoms with Crippen LogP contribution < -0.4 is 10.5 Å². The first-order chi connectivity index (χ1) is 8.61. The zero-order valence-electron chi connectivity index (χ0n) is 10.4. The highest BCUT2D eigenvalue weighted by Gasteiger charge is 2.12. The van der Waals surface area contributed by atoms with Crippen molar-refractivity contribution in [2.24, 2.45) is 5.73 Å². The number of rotatable bonds is 3. The van der Waals surface area contributed by atoms with E-state index in [1.807, 2.05) is 19.1 Å². The third kappa shape index (κ3) is 2.49. The molecule has 0 radical (unpaired) electrons. The molecule has 0 aliphatic rings. The van der Waals surface area contributed by atoms with E-state index in [2.05, 4.69) is 4.98 Å². The molecule has 1 unspecified atom stereocenters. The molecule has 0 fully saturated rings. The minimum absolute atomic E-state index is 0.216. The number of hydrogen-bond donors (Lipinski definition) is 1. The van der Waals surface area contributed by atoms with Crippen molar-refractivity contribution in [3.05, 3.63) is 59.2 Å². The van der Waals surface area contributed by atoms with Crippen LogP contribution in [0.15, 0.2) is 36.5 Å². The predicted molar refractivity (Wildman–Crippen MR) is 68.0 cm³/mol. The van der Waals surface area contributed by atoms with Crippen LogP contribution in [0.25, 0.3) is 0 Å². The van der Waals surface area contributed by atoms with E-state index < -0.39 is 11.9 Å². The van der Waals surface area contributed by atoms with E-state index in [1.54, 1.807) is 18.3 Å². The van der Waals surface area contributed by atoms with Gasteiger partial charge in [-0.05, 0) is 36.2 Å². The second-order valence-electron chi connectivity index (χ2n) is 4.10. The fourth-order valence-electron chi connectivity index (χ4n) is 1.73. The largest absolute Gasteiger partial charge is 0.494 e. The highest BCUT2D eigenvalue weighted by molar-refractivity contribution is 5.35. The summed E-state index contributed by atoms with van der Waals surface area (Å²) in [6, 6.07) is 8.12. The second kappa shape index (κ2) is 5.14. The molecule has 1 atom stereocenters. The summed E-state index contributed by atoms with van der Waals surface area (Å²) in [5, 5.41) is 0. The fourth-order valence-corrected chi connectivity index (χ4v) is 1.73. The molecule has 0 saturated carbocycles. The normalized spacial score (nSPS) is 12.2. The summed E-state index contributed by atoms with van der Waals surface area (Å²) in [6.45, 7) is 1.91. The first-order valence-corrected chi connectivity index (χ1v) is 5.63. The topological polar surface area (TPSA) is 48.1 Å². The Bertz CT molecular complexity index is 540. The molecule has 0 saturated heterocycles. The number of methoxy groups -OCH3 is 1. The van der Waals surface area contributed by atoms with Crippen LogP contribution in [-0.4, -0.2) is 12.1 Å². The SMILES string of the molecule is COc1ccc(C(N)c2ccc(C)nc2)cc1F. The van der Waals surface area contributed by atoms with Crippen LogP contribution >= 0.6 is 0 Å². The average Bonchev–Trinajstić information content (AvgIpc) is 2.38. The van der Waals surface area contributed by atoms with E-state index in [-0.39, 0.29) is 5.75 Å². The van der Waals surface area contributed by atoms with Crippen LogP contribution in [-0.2, 0) is 0 Å². The number of halogens is 1. The second-order valence-corrected chi connectivity index (χ2v) is 4.10. The number of benzene rings is 1. The molecule has 2 N–H and O–H groups in total. The van der Waals surface area contributed by atoms with Gasteiger partial charge < -0.3 is 10.5 Å². The van der Waals surface area contributed by atoms with Gasteiger partial charge in [-0.1, -0.05) is 12.1 Å². The van der Waals surface area contributed by atoms with E-state index in [1.165, 1.54) is 13.2 Å². The van der Waals surface area contributed by atoms with E-state index in [0.717, 1.165) is 11.3 Å². The molecule has 0 bridgehead atoms. The molecule has 0 aliphatic carbocycles. The van der Waals surface area contributed by atoms with Crippen molar-refractivity contribution < 1.29 is 9.13 Å². The monoisotopic (exact) mass is 246 g/mol. The van der Waals surface area contributed by atoms with Gasteiger partial charge in [-0.2, -0.15) is 0 Å². The first-order valence-electron chi connectivity index (χ1n) is 5.63. The van der Waals surface area contributed by atoms with Gasteiger partial charge >= 0.3 is 0 Å². The average molecular weight is 246 g/mol. The lowest BCUT2D eigenvalue weighted by molar-refractivity contribution is 0.386. The van der Waals surface area contributed by atoms with Gasteiger partial charge in [-0.25, -0.2) is 4.39 Å². The van der Waals surface area contributed by atoms with Crippen molar-refractivity contribution in [1.29, 1.82) is 0 Å². The number of hydrogen-bond acceptors (Lipinski definition) is 3. The van der Waals surface area contributed by atoms with Gasteiger partial charge in [-0.15, -0.1) is 0 Å². The molecule has 1 heterocycles. The lowest BCUT2D eigenvalue weighted by Gasteiger charge is -2.13. The number of nitrogens with two attached hydrogens (primary N) is 1. The standard InChI is InChI=1S/C14H15FN2O/c1-9-3-4-11(8-17-9)14(16)10-5-6-13(18-2)12(15)7-10/h3-8,14H,16H2,1-2H3. The highest BCUT2D eigenvalue weighted by Crippen LogP contribution is 2.24. The smallest absolute Gasteiger partial charge is 0.165 e. The Kier molecular flexibility index (Phi) is 3.58. The zero-order valence-corrected chi connectivity index (χ0v) is 10.4. The maximum absolute atomic E-state index is 13.6. The van der Waals surface area contributed by atoms with Gasteiger partial charge in [-0.3, -0.25) is 4.98 Å². The van der Waals surface area contributed by atoms with Crippen LogP contribution in [0.3, 0.4) is 0 Å². The Hall–Kier alpha value is -1.94. The van der Waals surface area contributed by atoms with Crippen molar-refractivity contribution in [1.82, 2.24) is 4.98 Å². The Morgan fingerprint density at radius 3 is 2.50 bits per heavy atom. The van der Waals surface area contributed by atoms with Gasteiger partial charge in [0.2, 0.25) is 0 Å². The molecule has 3 nitrogen and oxygen atoms in total. The maximum atomic E-state index is 13.6. The Labute approximate surface area is 105 Å². The maximum Gasteiger partial charge on any atom is 0.165 e. The predicted octanol–water partition coefficient (Wildman–Crippen LogP) is 2.59. The number of pyridine rings is 1. The molecule has 18 heavy (non-hydrogen) atoms. The minimum atomic E-state index is -0.412. The molecule has 2 aromatic rings. The molecular formula is C14H15FN2O. The lowest BCUT2D eigenvalue weighted by Crippen LogP contribution is -2.12. The van der Waals surface area contributed by atoms with Crippen LogP contribution in [0.2, 0.25) is 0 Å². The van der Waals surface area contributed by atoms with Gasteiger partial charge in [0, 0.05) is 11.9 Å². The van der Waals surface area contributed by atoms with Gasteiger partial charge in [0.25, 0.3) is 0 Å². The van der Waals surface area contributed by atoms with Gasteiger partial charge in [0.05, 0.1) is 13.2 Å². The van der Waals surface area contributed by atoms with E-state index in [4.69, 9.17) is 10.5 Å². The van der Waals surface area contributed by atoms with Crippen LogP contribution in [0, 0.1) is 12.7 Å². The summed E-state index contributed by atoms with van der Waals surface area (Å²) in [5.74, 6) is -0.196. The first kappa shape index (κ1) is 12.5. The number of nitrogens with zero attached hydrogens (tertiary/aromatic N) is 1. The van der Waals surface area contributed by atoms with Gasteiger partial charge in [0.15, 0.2) is 11.6 Å². The summed E-state index contributed by atoms with van der Waals surface area (Å²) in [7, 11) is 1.43. The summed E-state index contributed by atoms with van der Waals surface area (Å²) in [4.78, 5) is 4.18. The molecule has 0 aliphatic heterocycles. The Balaban J connectivity index is 2.31. The molecule has 0 amide bonds. The van der Waals surface area contributed by atoms with Crippen LogP contribution in [0.4, 0.5) is 4.39 Å². The van der Waals surface area contributed by atoms with E-state index in [9.17, 15) is 4.39 Å². The number of aromatic nitrogens is 1. The Morgan fingerprint density at radius 1 is 1.22 bits per heavy atom. The third-order valence-electron chi connectivity index (χ3n) is 2.83. The van der Waals surface area contributed by atoms with E-state index >= 15 is 0 Å². The molecule has 94 valence electrons. The quantitative estimate of drug-likeness (QED) is 0.905. The molecule has 2 rings (SSSR count). The molecule has 0 spiro atoms. The highest BCUT2D eigenvalue weighted by atomic mass is 19.1. The van der Waals surface area contributed by atoms with E-state index in [0.29, 0.717) is 5.56 Å². The zero-order chi connectivity index (χ0) is 13.1. The van der Waals surface area contributed by atoms with Crippen molar-refractivity contribution in [2.45, 2.75) is 13.0 Å². The Morgan fingerprint density at radius 2 is 1.94 bits per heavy atom. The minimum Gasteiger partial charge on any atom is -0.494 e. The van der Waals surface area contributed by atoms with Crippen molar-refractivity contribution in [2.75, 3.05) is 7.11 Å². The number of ether oxygens (including phenoxy) is 1. The number of aryl methyl sites for hydroxylation is 1. The summed E-state index contributed by atoms with van der Waals surface area (Å²) >= 11 is 0. The molecule has 1 aromatic heterocycles. The molecular weight excluding hydrogens is 231 g/mol. The van der Waals surface area contributed by atoms with Gasteiger partial charge in [0.1, 0.15) is 0 Å². The molecule has 4 heteroatoms. The van der Waals surface area contributed by atoms with Crippen LogP contribution in [0.5, 0.6) is 5.75 Å². The van der Waals surface area contributed by atoms with Crippen molar-refractivity contribution in [3.63, 3.8) is 0 Å². The lowest BCUT2D eigenvalue weighted by atomic mass is 10.0. The van der Waals surface area contributed by atoms with Crippen LogP contribution in [0.1, 0.15) is 22.9 Å². The van der Waals surface area contributed by atoms with Crippen molar-refractivity contribution in [3.8, 4) is 5.75 Å². The van der Waals surface area contributed by atoms with Crippen molar-refractivity contribution >= 4 is 0 Å². The molecule has 1 aromatic carbocycles. The fraction of sp³-hybridized carbons (Fsp3) is 0.214. The summed E-state index contributed by atoms with van der Waals surface area (Å²) in [5.41, 5.74) is 8.55.